The van der Waals surface area contributed by atoms with Gasteiger partial charge in [0.1, 0.15) is 6.04 Å². The van der Waals surface area contributed by atoms with Gasteiger partial charge in [0.15, 0.2) is 0 Å². The first-order chi connectivity index (χ1) is 5.03. The molecule has 1 atom stereocenters. The van der Waals surface area contributed by atoms with E-state index in [1.807, 2.05) is 0 Å². The van der Waals surface area contributed by atoms with E-state index in [0.717, 1.165) is 12.8 Å². The first kappa shape index (κ1) is 8.53. The standard InChI is InChI=1S/C8H15NO2/c1-8(3-2-4-8)5-6(9)7(10)11/h6H,2-5,9H2,1H3,(H,10,11)/t6-/m0/s1. The van der Waals surface area contributed by atoms with Gasteiger partial charge in [-0.05, 0) is 24.7 Å². The molecule has 0 spiro atoms. The zero-order valence-electron chi connectivity index (χ0n) is 6.84. The maximum absolute atomic E-state index is 10.4. The van der Waals surface area contributed by atoms with Crippen LogP contribution in [-0.2, 0) is 4.79 Å². The molecule has 0 amide bonds. The fourth-order valence-electron chi connectivity index (χ4n) is 1.60. The zero-order chi connectivity index (χ0) is 8.48. The van der Waals surface area contributed by atoms with Gasteiger partial charge in [0.2, 0.25) is 0 Å². The lowest BCUT2D eigenvalue weighted by Gasteiger charge is -2.39. The minimum absolute atomic E-state index is 0.220. The van der Waals surface area contributed by atoms with E-state index in [-0.39, 0.29) is 5.41 Å². The monoisotopic (exact) mass is 157 g/mol. The number of carboxylic acids is 1. The van der Waals surface area contributed by atoms with E-state index in [1.165, 1.54) is 6.42 Å². The predicted octanol–water partition coefficient (Wildman–Crippen LogP) is 0.979. The Balaban J connectivity index is 2.35. The average molecular weight is 157 g/mol. The SMILES string of the molecule is CC1(C[C@H](N)C(=O)O)CCC1. The summed E-state index contributed by atoms with van der Waals surface area (Å²) in [6.07, 6.45) is 4.12. The molecule has 0 heterocycles. The highest BCUT2D eigenvalue weighted by atomic mass is 16.4. The van der Waals surface area contributed by atoms with Crippen molar-refractivity contribution in [3.8, 4) is 0 Å². The Morgan fingerprint density at radius 3 is 2.55 bits per heavy atom. The normalized spacial score (nSPS) is 23.8. The lowest BCUT2D eigenvalue weighted by Crippen LogP contribution is -2.39. The van der Waals surface area contributed by atoms with Crippen LogP contribution in [0.25, 0.3) is 0 Å². The second-order valence-electron chi connectivity index (χ2n) is 3.81. The molecule has 0 radical (unpaired) electrons. The highest BCUT2D eigenvalue weighted by molar-refractivity contribution is 5.73. The third-order valence-corrected chi connectivity index (χ3v) is 2.59. The van der Waals surface area contributed by atoms with Crippen molar-refractivity contribution in [1.82, 2.24) is 0 Å². The molecule has 3 N–H and O–H groups in total. The van der Waals surface area contributed by atoms with Crippen LogP contribution in [0, 0.1) is 5.41 Å². The predicted molar refractivity (Wildman–Crippen MR) is 42.2 cm³/mol. The molecule has 64 valence electrons. The van der Waals surface area contributed by atoms with Gasteiger partial charge in [-0.15, -0.1) is 0 Å². The molecule has 0 saturated heterocycles. The van der Waals surface area contributed by atoms with Gasteiger partial charge in [0, 0.05) is 0 Å². The summed E-state index contributed by atoms with van der Waals surface area (Å²) in [6, 6.07) is -0.666. The van der Waals surface area contributed by atoms with Crippen molar-refractivity contribution in [1.29, 1.82) is 0 Å². The molecule has 3 heteroatoms. The molecule has 11 heavy (non-hydrogen) atoms. The van der Waals surface area contributed by atoms with Crippen molar-refractivity contribution < 1.29 is 9.90 Å². The van der Waals surface area contributed by atoms with Crippen LogP contribution in [0.2, 0.25) is 0 Å². The summed E-state index contributed by atoms with van der Waals surface area (Å²) in [7, 11) is 0. The van der Waals surface area contributed by atoms with Gasteiger partial charge in [-0.25, -0.2) is 0 Å². The Labute approximate surface area is 66.6 Å². The molecule has 3 nitrogen and oxygen atoms in total. The number of carboxylic acid groups (broad SMARTS) is 1. The number of rotatable bonds is 3. The topological polar surface area (TPSA) is 63.3 Å². The van der Waals surface area contributed by atoms with Crippen LogP contribution >= 0.6 is 0 Å². The fourth-order valence-corrected chi connectivity index (χ4v) is 1.60. The molecule has 1 fully saturated rings. The van der Waals surface area contributed by atoms with Crippen molar-refractivity contribution in [2.75, 3.05) is 0 Å². The van der Waals surface area contributed by atoms with E-state index in [1.54, 1.807) is 0 Å². The van der Waals surface area contributed by atoms with Crippen LogP contribution in [0.5, 0.6) is 0 Å². The average Bonchev–Trinajstić information content (AvgIpc) is 1.84. The van der Waals surface area contributed by atoms with Gasteiger partial charge in [0.25, 0.3) is 0 Å². The minimum atomic E-state index is -0.877. The van der Waals surface area contributed by atoms with Crippen LogP contribution in [0.3, 0.4) is 0 Å². The van der Waals surface area contributed by atoms with Gasteiger partial charge in [-0.2, -0.15) is 0 Å². The van der Waals surface area contributed by atoms with E-state index in [9.17, 15) is 4.79 Å². The van der Waals surface area contributed by atoms with Crippen molar-refractivity contribution >= 4 is 5.97 Å². The molecule has 0 unspecified atom stereocenters. The van der Waals surface area contributed by atoms with Gasteiger partial charge >= 0.3 is 5.97 Å². The van der Waals surface area contributed by atoms with E-state index in [0.29, 0.717) is 6.42 Å². The number of nitrogens with two attached hydrogens (primary N) is 1. The van der Waals surface area contributed by atoms with Crippen LogP contribution in [0.1, 0.15) is 32.6 Å². The molecule has 1 aliphatic carbocycles. The third-order valence-electron chi connectivity index (χ3n) is 2.59. The van der Waals surface area contributed by atoms with Crippen LogP contribution in [0.4, 0.5) is 0 Å². The van der Waals surface area contributed by atoms with E-state index in [4.69, 9.17) is 10.8 Å². The number of aliphatic carboxylic acids is 1. The second kappa shape index (κ2) is 2.81. The summed E-state index contributed by atoms with van der Waals surface area (Å²) < 4.78 is 0. The summed E-state index contributed by atoms with van der Waals surface area (Å²) >= 11 is 0. The molecule has 0 aromatic carbocycles. The Morgan fingerprint density at radius 2 is 2.27 bits per heavy atom. The van der Waals surface area contributed by atoms with Crippen molar-refractivity contribution in [2.45, 2.75) is 38.6 Å². The third kappa shape index (κ3) is 1.93. The number of carbonyl (C=O) groups is 1. The molecule has 1 rings (SSSR count). The highest BCUT2D eigenvalue weighted by Crippen LogP contribution is 2.43. The van der Waals surface area contributed by atoms with Crippen molar-refractivity contribution in [3.63, 3.8) is 0 Å². The van der Waals surface area contributed by atoms with E-state index >= 15 is 0 Å². The molecule has 0 aromatic rings. The quantitative estimate of drug-likeness (QED) is 0.641. The molecular formula is C8H15NO2. The maximum atomic E-state index is 10.4. The molecule has 0 aliphatic heterocycles. The Morgan fingerprint density at radius 1 is 1.73 bits per heavy atom. The first-order valence-electron chi connectivity index (χ1n) is 4.02. The van der Waals surface area contributed by atoms with Crippen LogP contribution in [-0.4, -0.2) is 17.1 Å². The summed E-state index contributed by atoms with van der Waals surface area (Å²) in [5.41, 5.74) is 5.63. The largest absolute Gasteiger partial charge is 0.480 e. The molecule has 1 aliphatic rings. The minimum Gasteiger partial charge on any atom is -0.480 e. The van der Waals surface area contributed by atoms with Gasteiger partial charge in [-0.1, -0.05) is 13.3 Å². The van der Waals surface area contributed by atoms with Crippen molar-refractivity contribution in [2.24, 2.45) is 11.1 Å². The Bertz CT molecular complexity index is 163. The summed E-state index contributed by atoms with van der Waals surface area (Å²) in [5.74, 6) is -0.877. The number of hydrogen-bond acceptors (Lipinski definition) is 2. The van der Waals surface area contributed by atoms with E-state index in [2.05, 4.69) is 6.92 Å². The highest BCUT2D eigenvalue weighted by Gasteiger charge is 2.34. The van der Waals surface area contributed by atoms with Crippen molar-refractivity contribution in [3.05, 3.63) is 0 Å². The molecule has 0 bridgehead atoms. The Kier molecular flexibility index (Phi) is 2.18. The molecule has 0 aromatic heterocycles. The molecule has 1 saturated carbocycles. The molecular weight excluding hydrogens is 142 g/mol. The zero-order valence-corrected chi connectivity index (χ0v) is 6.84. The lowest BCUT2D eigenvalue weighted by molar-refractivity contribution is -0.139. The summed E-state index contributed by atoms with van der Waals surface area (Å²) in [5, 5.41) is 8.54. The lowest BCUT2D eigenvalue weighted by atomic mass is 9.67. The summed E-state index contributed by atoms with van der Waals surface area (Å²) in [4.78, 5) is 10.4. The van der Waals surface area contributed by atoms with Crippen LogP contribution in [0.15, 0.2) is 0 Å². The first-order valence-corrected chi connectivity index (χ1v) is 4.02. The smallest absolute Gasteiger partial charge is 0.320 e. The number of hydrogen-bond donors (Lipinski definition) is 2. The van der Waals surface area contributed by atoms with Gasteiger partial charge in [-0.3, -0.25) is 4.79 Å². The van der Waals surface area contributed by atoms with Gasteiger partial charge < -0.3 is 10.8 Å². The van der Waals surface area contributed by atoms with Crippen LogP contribution < -0.4 is 5.73 Å². The Hall–Kier alpha value is -0.570. The van der Waals surface area contributed by atoms with E-state index < -0.39 is 12.0 Å². The summed E-state index contributed by atoms with van der Waals surface area (Å²) in [6.45, 7) is 2.11. The maximum Gasteiger partial charge on any atom is 0.320 e. The fraction of sp³-hybridized carbons (Fsp3) is 0.875. The van der Waals surface area contributed by atoms with Gasteiger partial charge in [0.05, 0.1) is 0 Å². The second-order valence-corrected chi connectivity index (χ2v) is 3.81.